The van der Waals surface area contributed by atoms with Gasteiger partial charge in [-0.25, -0.2) is 13.2 Å². The van der Waals surface area contributed by atoms with Crippen LogP contribution in [0.1, 0.15) is 13.3 Å². The Morgan fingerprint density at radius 1 is 1.15 bits per heavy atom. The molecule has 1 heterocycles. The third kappa shape index (κ3) is 4.35. The summed E-state index contributed by atoms with van der Waals surface area (Å²) in [6.07, 6.45) is 0.478. The number of benzene rings is 2. The van der Waals surface area contributed by atoms with Crippen LogP contribution >= 0.6 is 0 Å². The Labute approximate surface area is 153 Å². The number of rotatable bonds is 5. The lowest BCUT2D eigenvalue weighted by Crippen LogP contribution is -2.43. The van der Waals surface area contributed by atoms with E-state index < -0.39 is 9.84 Å². The molecule has 1 fully saturated rings. The van der Waals surface area contributed by atoms with Crippen LogP contribution < -0.4 is 10.1 Å². The Morgan fingerprint density at radius 2 is 1.85 bits per heavy atom. The summed E-state index contributed by atoms with van der Waals surface area (Å²) in [5.41, 5.74) is 0.542. The molecule has 0 aromatic heterocycles. The molecule has 1 aliphatic heterocycles. The molecular weight excluding hydrogens is 352 g/mol. The third-order valence-electron chi connectivity index (χ3n) is 4.35. The third-order valence-corrected chi connectivity index (χ3v) is 6.10. The highest BCUT2D eigenvalue weighted by Gasteiger charge is 2.34. The van der Waals surface area contributed by atoms with E-state index in [2.05, 4.69) is 5.32 Å². The highest BCUT2D eigenvalue weighted by atomic mass is 32.2. The summed E-state index contributed by atoms with van der Waals surface area (Å²) in [6.45, 7) is 2.28. The second-order valence-corrected chi connectivity index (χ2v) is 8.41. The van der Waals surface area contributed by atoms with E-state index in [1.807, 2.05) is 49.4 Å². The molecule has 1 N–H and O–H groups in total. The molecule has 7 heteroatoms. The molecule has 2 aromatic carbocycles. The van der Waals surface area contributed by atoms with Gasteiger partial charge in [0.1, 0.15) is 5.75 Å². The zero-order valence-electron chi connectivity index (χ0n) is 14.6. The van der Waals surface area contributed by atoms with Crippen LogP contribution in [0.5, 0.6) is 11.5 Å². The van der Waals surface area contributed by atoms with Gasteiger partial charge in [0.15, 0.2) is 15.6 Å². The number of urea groups is 1. The zero-order valence-corrected chi connectivity index (χ0v) is 15.4. The van der Waals surface area contributed by atoms with Crippen molar-refractivity contribution in [2.45, 2.75) is 19.4 Å². The maximum absolute atomic E-state index is 12.7. The molecule has 0 saturated carbocycles. The Morgan fingerprint density at radius 3 is 2.50 bits per heavy atom. The van der Waals surface area contributed by atoms with Crippen LogP contribution in [0.2, 0.25) is 0 Å². The minimum absolute atomic E-state index is 0.0242. The number of carbonyl (C=O) groups excluding carboxylic acids is 1. The lowest BCUT2D eigenvalue weighted by molar-refractivity contribution is 0.197. The van der Waals surface area contributed by atoms with Crippen LogP contribution in [-0.2, 0) is 9.84 Å². The van der Waals surface area contributed by atoms with Crippen molar-refractivity contribution in [2.75, 3.05) is 23.4 Å². The first-order chi connectivity index (χ1) is 12.5. The first-order valence-corrected chi connectivity index (χ1v) is 10.4. The highest BCUT2D eigenvalue weighted by molar-refractivity contribution is 7.91. The fourth-order valence-corrected chi connectivity index (χ4v) is 4.78. The topological polar surface area (TPSA) is 75.7 Å². The number of anilines is 1. The number of para-hydroxylation sites is 3. The van der Waals surface area contributed by atoms with Gasteiger partial charge in [-0.15, -0.1) is 0 Å². The van der Waals surface area contributed by atoms with Crippen LogP contribution in [0, 0.1) is 0 Å². The maximum Gasteiger partial charge on any atom is 0.322 e. The largest absolute Gasteiger partial charge is 0.455 e. The molecule has 2 amide bonds. The van der Waals surface area contributed by atoms with Crippen molar-refractivity contribution in [3.63, 3.8) is 0 Å². The van der Waals surface area contributed by atoms with Gasteiger partial charge in [-0.2, -0.15) is 0 Å². The summed E-state index contributed by atoms with van der Waals surface area (Å²) in [7, 11) is -3.05. The molecular formula is C19H22N2O4S. The van der Waals surface area contributed by atoms with Crippen LogP contribution in [0.4, 0.5) is 10.5 Å². The van der Waals surface area contributed by atoms with Crippen molar-refractivity contribution in [3.8, 4) is 11.5 Å². The van der Waals surface area contributed by atoms with Gasteiger partial charge in [0, 0.05) is 12.6 Å². The lowest BCUT2D eigenvalue weighted by atomic mass is 10.2. The van der Waals surface area contributed by atoms with Crippen molar-refractivity contribution < 1.29 is 17.9 Å². The van der Waals surface area contributed by atoms with Crippen LogP contribution in [0.25, 0.3) is 0 Å². The Kier molecular flexibility index (Phi) is 5.46. The molecule has 6 nitrogen and oxygen atoms in total. The van der Waals surface area contributed by atoms with Crippen LogP contribution in [0.3, 0.4) is 0 Å². The Balaban J connectivity index is 1.74. The van der Waals surface area contributed by atoms with E-state index >= 15 is 0 Å². The first kappa shape index (κ1) is 18.3. The van der Waals surface area contributed by atoms with Gasteiger partial charge in [0.05, 0.1) is 17.2 Å². The summed E-state index contributed by atoms with van der Waals surface area (Å²) in [4.78, 5) is 14.3. The second-order valence-electron chi connectivity index (χ2n) is 6.18. The molecule has 1 aliphatic rings. The predicted molar refractivity (Wildman–Crippen MR) is 101 cm³/mol. The first-order valence-electron chi connectivity index (χ1n) is 8.58. The van der Waals surface area contributed by atoms with E-state index in [9.17, 15) is 13.2 Å². The van der Waals surface area contributed by atoms with E-state index in [0.717, 1.165) is 0 Å². The summed E-state index contributed by atoms with van der Waals surface area (Å²) >= 11 is 0. The number of amides is 2. The van der Waals surface area contributed by atoms with E-state index in [1.165, 1.54) is 0 Å². The normalized spacial score (nSPS) is 18.3. The average molecular weight is 374 g/mol. The molecule has 0 bridgehead atoms. The molecule has 3 rings (SSSR count). The monoisotopic (exact) mass is 374 g/mol. The summed E-state index contributed by atoms with van der Waals surface area (Å²) in [5, 5.41) is 2.85. The fraction of sp³-hybridized carbons (Fsp3) is 0.316. The van der Waals surface area contributed by atoms with Gasteiger partial charge in [0.25, 0.3) is 0 Å². The number of carbonyl (C=O) groups is 1. The summed E-state index contributed by atoms with van der Waals surface area (Å²) in [5.74, 6) is 1.36. The molecule has 26 heavy (non-hydrogen) atoms. The number of ether oxygens (including phenoxy) is 1. The highest BCUT2D eigenvalue weighted by Crippen LogP contribution is 2.29. The Hall–Kier alpha value is -2.54. The predicted octanol–water partition coefficient (Wildman–Crippen LogP) is 3.52. The van der Waals surface area contributed by atoms with Gasteiger partial charge in [0.2, 0.25) is 0 Å². The van der Waals surface area contributed by atoms with E-state index in [4.69, 9.17) is 4.74 Å². The number of hydrogen-bond donors (Lipinski definition) is 1. The van der Waals surface area contributed by atoms with E-state index in [1.54, 1.807) is 17.0 Å². The molecule has 2 aromatic rings. The van der Waals surface area contributed by atoms with E-state index in [-0.39, 0.29) is 23.6 Å². The molecule has 0 aliphatic carbocycles. The van der Waals surface area contributed by atoms with Crippen LogP contribution in [-0.4, -0.2) is 43.4 Å². The fourth-order valence-electron chi connectivity index (χ4n) is 3.05. The van der Waals surface area contributed by atoms with Crippen molar-refractivity contribution in [3.05, 3.63) is 54.6 Å². The minimum atomic E-state index is -3.05. The smallest absolute Gasteiger partial charge is 0.322 e. The minimum Gasteiger partial charge on any atom is -0.455 e. The zero-order chi connectivity index (χ0) is 18.6. The van der Waals surface area contributed by atoms with Gasteiger partial charge in [-0.1, -0.05) is 30.3 Å². The molecule has 0 spiro atoms. The SMILES string of the molecule is CCN(C(=O)Nc1ccccc1Oc1ccccc1)[C@@H]1CCS(=O)(=O)C1. The van der Waals surface area contributed by atoms with Crippen LogP contribution in [0.15, 0.2) is 54.6 Å². The second kappa shape index (κ2) is 7.78. The van der Waals surface area contributed by atoms with Crippen molar-refractivity contribution in [2.24, 2.45) is 0 Å². The number of nitrogens with zero attached hydrogens (tertiary/aromatic N) is 1. The van der Waals surface area contributed by atoms with Gasteiger partial charge in [-0.05, 0) is 37.6 Å². The lowest BCUT2D eigenvalue weighted by Gasteiger charge is -2.27. The van der Waals surface area contributed by atoms with E-state index in [0.29, 0.717) is 30.2 Å². The van der Waals surface area contributed by atoms with Gasteiger partial charge >= 0.3 is 6.03 Å². The average Bonchev–Trinajstić information content (AvgIpc) is 2.98. The van der Waals surface area contributed by atoms with Gasteiger partial charge < -0.3 is 15.0 Å². The number of hydrogen-bond acceptors (Lipinski definition) is 4. The molecule has 1 saturated heterocycles. The van der Waals surface area contributed by atoms with Crippen molar-refractivity contribution in [1.82, 2.24) is 4.90 Å². The molecule has 1 atom stereocenters. The Bertz CT molecular complexity index is 868. The summed E-state index contributed by atoms with van der Waals surface area (Å²) in [6, 6.07) is 15.9. The molecule has 138 valence electrons. The molecule has 0 radical (unpaired) electrons. The summed E-state index contributed by atoms with van der Waals surface area (Å²) < 4.78 is 29.3. The quantitative estimate of drug-likeness (QED) is 0.869. The standard InChI is InChI=1S/C19H22N2O4S/c1-2-21(15-12-13-26(23,24)14-15)19(22)20-17-10-6-7-11-18(17)25-16-8-4-3-5-9-16/h3-11,15H,2,12-14H2,1H3,(H,20,22)/t15-/m1/s1. The molecule has 0 unspecified atom stereocenters. The maximum atomic E-state index is 12.7. The van der Waals surface area contributed by atoms with Gasteiger partial charge in [-0.3, -0.25) is 0 Å². The van der Waals surface area contributed by atoms with Crippen molar-refractivity contribution >= 4 is 21.6 Å². The number of nitrogens with one attached hydrogen (secondary N) is 1. The number of sulfone groups is 1. The van der Waals surface area contributed by atoms with Crippen molar-refractivity contribution in [1.29, 1.82) is 0 Å².